The Kier molecular flexibility index (Phi) is 3.42. The van der Waals surface area contributed by atoms with Crippen molar-refractivity contribution in [2.75, 3.05) is 0 Å². The van der Waals surface area contributed by atoms with Gasteiger partial charge in [-0.1, -0.05) is 12.1 Å². The number of hydrogen-bond donors (Lipinski definition) is 3. The highest BCUT2D eigenvalue weighted by molar-refractivity contribution is 5.72. The molecule has 0 fully saturated rings. The molecule has 0 bridgehead atoms. The van der Waals surface area contributed by atoms with Gasteiger partial charge in [0.15, 0.2) is 11.5 Å². The fourth-order valence-electron chi connectivity index (χ4n) is 2.30. The Morgan fingerprint density at radius 2 is 2.00 bits per heavy atom. The fourth-order valence-corrected chi connectivity index (χ4v) is 2.30. The number of para-hydroxylation sites is 1. The minimum Gasteiger partial charge on any atom is -0.504 e. The first kappa shape index (κ1) is 13.9. The van der Waals surface area contributed by atoms with Crippen LogP contribution in [0.5, 0.6) is 11.5 Å². The van der Waals surface area contributed by atoms with Gasteiger partial charge in [0.05, 0.1) is 18.4 Å². The van der Waals surface area contributed by atoms with Crippen molar-refractivity contribution in [3.05, 3.63) is 64.6 Å². The standard InChI is InChI=1S/C16H15N3O3/c1-10-7-17-9-19(10)8-11-5-6-13(16(22)18-11)12-3-2-4-14(20)15(12)21/h2-7,9,20-21H,8H2,1H3,(H,18,22). The van der Waals surface area contributed by atoms with Gasteiger partial charge in [0.1, 0.15) is 0 Å². The van der Waals surface area contributed by atoms with E-state index in [1.807, 2.05) is 11.5 Å². The molecule has 2 heterocycles. The lowest BCUT2D eigenvalue weighted by Crippen LogP contribution is -2.13. The number of phenols is 2. The number of pyridine rings is 1. The third-order valence-electron chi connectivity index (χ3n) is 3.54. The van der Waals surface area contributed by atoms with E-state index in [0.717, 1.165) is 11.4 Å². The maximum absolute atomic E-state index is 12.2. The zero-order chi connectivity index (χ0) is 15.7. The van der Waals surface area contributed by atoms with Crippen LogP contribution in [0.1, 0.15) is 11.4 Å². The number of phenolic OH excluding ortho intramolecular Hbond substituents is 2. The Morgan fingerprint density at radius 1 is 1.18 bits per heavy atom. The molecule has 0 unspecified atom stereocenters. The molecule has 0 atom stereocenters. The number of benzene rings is 1. The number of nitrogens with zero attached hydrogens (tertiary/aromatic N) is 2. The van der Waals surface area contributed by atoms with Crippen LogP contribution in [-0.4, -0.2) is 24.7 Å². The molecule has 6 heteroatoms. The second kappa shape index (κ2) is 5.40. The monoisotopic (exact) mass is 297 g/mol. The molecule has 1 aromatic carbocycles. The summed E-state index contributed by atoms with van der Waals surface area (Å²) in [6.45, 7) is 2.44. The Balaban J connectivity index is 1.98. The van der Waals surface area contributed by atoms with Gasteiger partial charge in [-0.15, -0.1) is 0 Å². The van der Waals surface area contributed by atoms with Crippen molar-refractivity contribution in [1.82, 2.24) is 14.5 Å². The lowest BCUT2D eigenvalue weighted by molar-refractivity contribution is 0.405. The van der Waals surface area contributed by atoms with Gasteiger partial charge in [-0.25, -0.2) is 4.98 Å². The van der Waals surface area contributed by atoms with E-state index in [9.17, 15) is 15.0 Å². The third-order valence-corrected chi connectivity index (χ3v) is 3.54. The zero-order valence-corrected chi connectivity index (χ0v) is 11.9. The molecule has 112 valence electrons. The van der Waals surface area contributed by atoms with Crippen LogP contribution in [0.15, 0.2) is 47.7 Å². The van der Waals surface area contributed by atoms with E-state index in [1.54, 1.807) is 36.8 Å². The number of rotatable bonds is 3. The number of hydrogen-bond acceptors (Lipinski definition) is 4. The van der Waals surface area contributed by atoms with Gasteiger partial charge < -0.3 is 19.8 Å². The summed E-state index contributed by atoms with van der Waals surface area (Å²) in [5, 5.41) is 19.4. The summed E-state index contributed by atoms with van der Waals surface area (Å²) in [6.07, 6.45) is 3.44. The Hall–Kier alpha value is -3.02. The quantitative estimate of drug-likeness (QED) is 0.645. The van der Waals surface area contributed by atoms with Crippen LogP contribution in [0.25, 0.3) is 11.1 Å². The molecule has 0 aliphatic carbocycles. The van der Waals surface area contributed by atoms with Crippen LogP contribution < -0.4 is 5.56 Å². The van der Waals surface area contributed by atoms with E-state index in [4.69, 9.17) is 0 Å². The van der Waals surface area contributed by atoms with Crippen molar-refractivity contribution in [3.8, 4) is 22.6 Å². The van der Waals surface area contributed by atoms with Crippen LogP contribution in [0, 0.1) is 6.92 Å². The highest BCUT2D eigenvalue weighted by Crippen LogP contribution is 2.34. The van der Waals surface area contributed by atoms with Gasteiger partial charge >= 0.3 is 0 Å². The van der Waals surface area contributed by atoms with Crippen molar-refractivity contribution >= 4 is 0 Å². The SMILES string of the molecule is Cc1cncn1Cc1ccc(-c2cccc(O)c2O)c(=O)[nH]1. The maximum atomic E-state index is 12.2. The molecule has 0 radical (unpaired) electrons. The molecular weight excluding hydrogens is 282 g/mol. The lowest BCUT2D eigenvalue weighted by Gasteiger charge is -2.08. The Morgan fingerprint density at radius 3 is 2.68 bits per heavy atom. The number of imidazole rings is 1. The molecule has 0 amide bonds. The second-order valence-electron chi connectivity index (χ2n) is 5.06. The molecular formula is C16H15N3O3. The first-order valence-corrected chi connectivity index (χ1v) is 6.76. The zero-order valence-electron chi connectivity index (χ0n) is 11.9. The molecule has 0 saturated heterocycles. The van der Waals surface area contributed by atoms with Gasteiger partial charge in [-0.3, -0.25) is 4.79 Å². The van der Waals surface area contributed by atoms with E-state index in [2.05, 4.69) is 9.97 Å². The van der Waals surface area contributed by atoms with E-state index >= 15 is 0 Å². The third kappa shape index (κ3) is 2.46. The normalized spacial score (nSPS) is 10.8. The molecule has 22 heavy (non-hydrogen) atoms. The minimum atomic E-state index is -0.323. The molecule has 6 nitrogen and oxygen atoms in total. The van der Waals surface area contributed by atoms with E-state index in [1.165, 1.54) is 6.07 Å². The summed E-state index contributed by atoms with van der Waals surface area (Å²) in [4.78, 5) is 19.1. The number of H-pyrrole nitrogens is 1. The number of aromatic amines is 1. The number of nitrogens with one attached hydrogen (secondary N) is 1. The first-order chi connectivity index (χ1) is 10.6. The highest BCUT2D eigenvalue weighted by Gasteiger charge is 2.12. The van der Waals surface area contributed by atoms with Crippen LogP contribution in [0.4, 0.5) is 0 Å². The largest absolute Gasteiger partial charge is 0.504 e. The van der Waals surface area contributed by atoms with Crippen LogP contribution >= 0.6 is 0 Å². The summed E-state index contributed by atoms with van der Waals surface area (Å²) in [7, 11) is 0. The van der Waals surface area contributed by atoms with Gasteiger partial charge in [-0.2, -0.15) is 0 Å². The summed E-state index contributed by atoms with van der Waals surface area (Å²) < 4.78 is 1.91. The van der Waals surface area contributed by atoms with Crippen LogP contribution in [0.3, 0.4) is 0 Å². The van der Waals surface area contributed by atoms with Crippen molar-refractivity contribution in [3.63, 3.8) is 0 Å². The topological polar surface area (TPSA) is 91.1 Å². The van der Waals surface area contributed by atoms with E-state index in [0.29, 0.717) is 17.7 Å². The van der Waals surface area contributed by atoms with Gasteiger partial charge in [0.2, 0.25) is 0 Å². The van der Waals surface area contributed by atoms with Crippen LogP contribution in [0.2, 0.25) is 0 Å². The molecule has 0 spiro atoms. The van der Waals surface area contributed by atoms with Crippen molar-refractivity contribution < 1.29 is 10.2 Å². The molecule has 3 N–H and O–H groups in total. The van der Waals surface area contributed by atoms with Gasteiger partial charge in [-0.05, 0) is 25.1 Å². The smallest absolute Gasteiger partial charge is 0.256 e. The summed E-state index contributed by atoms with van der Waals surface area (Å²) in [6, 6.07) is 7.93. The highest BCUT2D eigenvalue weighted by atomic mass is 16.3. The molecule has 3 aromatic rings. The van der Waals surface area contributed by atoms with Crippen molar-refractivity contribution in [2.24, 2.45) is 0 Å². The minimum absolute atomic E-state index is 0.255. The van der Waals surface area contributed by atoms with Crippen molar-refractivity contribution in [1.29, 1.82) is 0 Å². The van der Waals surface area contributed by atoms with Gasteiger partial charge in [0.25, 0.3) is 5.56 Å². The predicted octanol–water partition coefficient (Wildman–Crippen LogP) is 2.01. The fraction of sp³-hybridized carbons (Fsp3) is 0.125. The average Bonchev–Trinajstić information content (AvgIpc) is 2.88. The number of aromatic nitrogens is 3. The Bertz CT molecular complexity index is 880. The average molecular weight is 297 g/mol. The van der Waals surface area contributed by atoms with E-state index in [-0.39, 0.29) is 17.1 Å². The second-order valence-corrected chi connectivity index (χ2v) is 5.06. The van der Waals surface area contributed by atoms with E-state index < -0.39 is 0 Å². The van der Waals surface area contributed by atoms with Crippen LogP contribution in [-0.2, 0) is 6.54 Å². The molecule has 0 saturated carbocycles. The Labute approximate surface area is 126 Å². The maximum Gasteiger partial charge on any atom is 0.256 e. The molecule has 0 aliphatic heterocycles. The lowest BCUT2D eigenvalue weighted by atomic mass is 10.1. The summed E-state index contributed by atoms with van der Waals surface area (Å²) in [5.74, 6) is -0.554. The first-order valence-electron chi connectivity index (χ1n) is 6.76. The summed E-state index contributed by atoms with van der Waals surface area (Å²) >= 11 is 0. The summed E-state index contributed by atoms with van der Waals surface area (Å²) in [5.41, 5.74) is 2.01. The predicted molar refractivity (Wildman–Crippen MR) is 81.9 cm³/mol. The molecule has 0 aliphatic rings. The van der Waals surface area contributed by atoms with Crippen molar-refractivity contribution in [2.45, 2.75) is 13.5 Å². The number of aryl methyl sites for hydroxylation is 1. The van der Waals surface area contributed by atoms with Gasteiger partial charge in [0, 0.05) is 23.1 Å². The molecule has 3 rings (SSSR count). The molecule has 2 aromatic heterocycles. The number of aromatic hydroxyl groups is 2.